The number of rotatable bonds is 4. The van der Waals surface area contributed by atoms with Gasteiger partial charge in [0.15, 0.2) is 5.75 Å². The molecule has 0 aromatic heterocycles. The average Bonchev–Trinajstić information content (AvgIpc) is 2.59. The Morgan fingerprint density at radius 1 is 1.29 bits per heavy atom. The number of halogens is 1. The van der Waals surface area contributed by atoms with Gasteiger partial charge in [-0.05, 0) is 31.8 Å². The number of hydrogen-bond donors (Lipinski definition) is 0. The molecule has 1 saturated carbocycles. The zero-order valence-electron chi connectivity index (χ0n) is 13.9. The molecule has 0 atom stereocenters. The summed E-state index contributed by atoms with van der Waals surface area (Å²) in [6, 6.07) is 3.31. The molecule has 0 N–H and O–H groups in total. The number of carbonyl (C=O) groups excluding carboxylic acids is 1. The Bertz CT molecular complexity index is 662. The molecule has 5 nitrogen and oxygen atoms in total. The van der Waals surface area contributed by atoms with Gasteiger partial charge in [0, 0.05) is 18.6 Å². The van der Waals surface area contributed by atoms with Crippen LogP contribution in [0.1, 0.15) is 51.0 Å². The lowest BCUT2D eigenvalue weighted by Gasteiger charge is -2.39. The van der Waals surface area contributed by atoms with E-state index < -0.39 is 5.97 Å². The maximum Gasteiger partial charge on any atom is 0.355 e. The first-order chi connectivity index (χ1) is 11.6. The molecule has 1 aliphatic heterocycles. The summed E-state index contributed by atoms with van der Waals surface area (Å²) >= 11 is 6.53. The first-order valence-electron chi connectivity index (χ1n) is 8.24. The van der Waals surface area contributed by atoms with E-state index in [2.05, 4.69) is 0 Å². The van der Waals surface area contributed by atoms with Crippen molar-refractivity contribution in [1.29, 1.82) is 0 Å². The summed E-state index contributed by atoms with van der Waals surface area (Å²) < 4.78 is 11.7. The minimum atomic E-state index is -0.450. The molecule has 1 aliphatic carbocycles. The Hall–Kier alpha value is -1.88. The highest BCUT2D eigenvalue weighted by atomic mass is 35.5. The van der Waals surface area contributed by atoms with Crippen molar-refractivity contribution in [3.63, 3.8) is 0 Å². The van der Waals surface area contributed by atoms with Crippen LogP contribution in [0.4, 0.5) is 0 Å². The Kier molecular flexibility index (Phi) is 4.90. The second kappa shape index (κ2) is 6.93. The van der Waals surface area contributed by atoms with Crippen molar-refractivity contribution in [2.45, 2.75) is 51.0 Å². The zero-order valence-corrected chi connectivity index (χ0v) is 14.6. The van der Waals surface area contributed by atoms with Gasteiger partial charge >= 0.3 is 5.97 Å². The van der Waals surface area contributed by atoms with Gasteiger partial charge in [0.1, 0.15) is 17.1 Å². The van der Waals surface area contributed by atoms with Crippen molar-refractivity contribution >= 4 is 22.6 Å². The summed E-state index contributed by atoms with van der Waals surface area (Å²) in [6.45, 7) is 1.69. The molecule has 3 rings (SSSR count). The van der Waals surface area contributed by atoms with Gasteiger partial charge in [-0.3, -0.25) is 9.78 Å². The third-order valence-electron chi connectivity index (χ3n) is 4.42. The Morgan fingerprint density at radius 3 is 2.71 bits per heavy atom. The second-order valence-corrected chi connectivity index (χ2v) is 6.52. The van der Waals surface area contributed by atoms with E-state index in [1.807, 2.05) is 6.08 Å². The SMILES string of the molecule is CCC(=O)OOc1cc(OC)c2c(c1)OC1(C=C2Cl)CCCCC1. The van der Waals surface area contributed by atoms with Crippen LogP contribution in [0.5, 0.6) is 17.2 Å². The van der Waals surface area contributed by atoms with Gasteiger partial charge in [-0.25, -0.2) is 4.79 Å². The quantitative estimate of drug-likeness (QED) is 0.584. The summed E-state index contributed by atoms with van der Waals surface area (Å²) in [5.41, 5.74) is 0.330. The van der Waals surface area contributed by atoms with Crippen LogP contribution in [0.3, 0.4) is 0 Å². The highest BCUT2D eigenvalue weighted by Crippen LogP contribution is 2.49. The number of hydrogen-bond acceptors (Lipinski definition) is 5. The van der Waals surface area contributed by atoms with Gasteiger partial charge in [-0.2, -0.15) is 0 Å². The standard InChI is InChI=1S/C18H21ClO5/c1-3-16(20)24-23-12-9-14(21-2)17-13(19)11-18(22-15(17)10-12)7-5-4-6-8-18/h9-11H,3-8H2,1-2H3. The van der Waals surface area contributed by atoms with Gasteiger partial charge in [0.2, 0.25) is 0 Å². The van der Waals surface area contributed by atoms with E-state index in [9.17, 15) is 4.79 Å². The molecule has 130 valence electrons. The lowest BCUT2D eigenvalue weighted by atomic mass is 9.82. The summed E-state index contributed by atoms with van der Waals surface area (Å²) in [7, 11) is 1.55. The second-order valence-electron chi connectivity index (χ2n) is 6.11. The number of fused-ring (bicyclic) bond motifs is 1. The van der Waals surface area contributed by atoms with Crippen LogP contribution in [-0.4, -0.2) is 18.7 Å². The van der Waals surface area contributed by atoms with E-state index in [-0.39, 0.29) is 12.0 Å². The third-order valence-corrected chi connectivity index (χ3v) is 4.72. The van der Waals surface area contributed by atoms with Crippen molar-refractivity contribution in [3.8, 4) is 17.2 Å². The molecule has 0 radical (unpaired) electrons. The fourth-order valence-electron chi connectivity index (χ4n) is 3.19. The molecule has 0 unspecified atom stereocenters. The molecule has 0 bridgehead atoms. The van der Waals surface area contributed by atoms with Gasteiger partial charge < -0.3 is 9.47 Å². The molecule has 1 aromatic rings. The predicted octanol–water partition coefficient (Wildman–Crippen LogP) is 4.62. The highest BCUT2D eigenvalue weighted by Gasteiger charge is 2.38. The van der Waals surface area contributed by atoms with Crippen molar-refractivity contribution in [2.24, 2.45) is 0 Å². The Morgan fingerprint density at radius 2 is 2.04 bits per heavy atom. The Labute approximate surface area is 146 Å². The zero-order chi connectivity index (χ0) is 17.2. The van der Waals surface area contributed by atoms with Crippen LogP contribution in [0.25, 0.3) is 5.03 Å². The average molecular weight is 353 g/mol. The minimum absolute atomic E-state index is 0.232. The van der Waals surface area contributed by atoms with Crippen LogP contribution < -0.4 is 14.4 Å². The summed E-state index contributed by atoms with van der Waals surface area (Å²) in [5, 5.41) is 0.618. The molecule has 1 fully saturated rings. The van der Waals surface area contributed by atoms with E-state index in [0.29, 0.717) is 27.8 Å². The Balaban J connectivity index is 1.93. The monoisotopic (exact) mass is 352 g/mol. The molecule has 1 spiro atoms. The number of ether oxygens (including phenoxy) is 2. The van der Waals surface area contributed by atoms with Crippen LogP contribution in [0.15, 0.2) is 18.2 Å². The fourth-order valence-corrected chi connectivity index (χ4v) is 3.58. The predicted molar refractivity (Wildman–Crippen MR) is 90.3 cm³/mol. The molecule has 2 aliphatic rings. The molecule has 6 heteroatoms. The fraction of sp³-hybridized carbons (Fsp3) is 0.500. The molecule has 1 aromatic carbocycles. The van der Waals surface area contributed by atoms with E-state index >= 15 is 0 Å². The smallest absolute Gasteiger partial charge is 0.355 e. The van der Waals surface area contributed by atoms with Gasteiger partial charge in [-0.1, -0.05) is 24.9 Å². The first kappa shape index (κ1) is 17.0. The van der Waals surface area contributed by atoms with Crippen LogP contribution in [-0.2, 0) is 9.68 Å². The van der Waals surface area contributed by atoms with Crippen LogP contribution in [0.2, 0.25) is 0 Å². The van der Waals surface area contributed by atoms with Crippen molar-refractivity contribution in [1.82, 2.24) is 0 Å². The largest absolute Gasteiger partial charge is 0.496 e. The topological polar surface area (TPSA) is 54.0 Å². The summed E-state index contributed by atoms with van der Waals surface area (Å²) in [4.78, 5) is 21.1. The third kappa shape index (κ3) is 3.31. The molecular weight excluding hydrogens is 332 g/mol. The maximum absolute atomic E-state index is 11.3. The lowest BCUT2D eigenvalue weighted by molar-refractivity contribution is -0.213. The highest BCUT2D eigenvalue weighted by molar-refractivity contribution is 6.49. The van der Waals surface area contributed by atoms with Gasteiger partial charge in [0.05, 0.1) is 17.7 Å². The molecular formula is C18H21ClO5. The van der Waals surface area contributed by atoms with Crippen molar-refractivity contribution in [3.05, 3.63) is 23.8 Å². The summed E-state index contributed by atoms with van der Waals surface area (Å²) in [5.74, 6) is 0.993. The summed E-state index contributed by atoms with van der Waals surface area (Å²) in [6.07, 6.45) is 7.52. The minimum Gasteiger partial charge on any atom is -0.496 e. The van der Waals surface area contributed by atoms with Gasteiger partial charge in [-0.15, -0.1) is 0 Å². The first-order valence-corrected chi connectivity index (χ1v) is 8.62. The number of carbonyl (C=O) groups is 1. The molecule has 24 heavy (non-hydrogen) atoms. The van der Waals surface area contributed by atoms with E-state index in [4.69, 9.17) is 30.8 Å². The molecule has 0 saturated heterocycles. The van der Waals surface area contributed by atoms with Crippen LogP contribution >= 0.6 is 11.6 Å². The maximum atomic E-state index is 11.3. The van der Waals surface area contributed by atoms with Crippen molar-refractivity contribution in [2.75, 3.05) is 7.11 Å². The number of methoxy groups -OCH3 is 1. The molecule has 1 heterocycles. The van der Waals surface area contributed by atoms with Gasteiger partial charge in [0.25, 0.3) is 0 Å². The van der Waals surface area contributed by atoms with Crippen LogP contribution in [0, 0.1) is 0 Å². The van der Waals surface area contributed by atoms with E-state index in [1.165, 1.54) is 6.42 Å². The normalized spacial score (nSPS) is 18.2. The van der Waals surface area contributed by atoms with Crippen molar-refractivity contribution < 1.29 is 24.0 Å². The lowest BCUT2D eigenvalue weighted by Crippen LogP contribution is -2.38. The van der Waals surface area contributed by atoms with E-state index in [1.54, 1.807) is 26.2 Å². The van der Waals surface area contributed by atoms with E-state index in [0.717, 1.165) is 25.7 Å². The molecule has 0 amide bonds. The number of benzene rings is 1.